The molecule has 1 atom stereocenters. The van der Waals surface area contributed by atoms with Gasteiger partial charge in [0.25, 0.3) is 0 Å². The van der Waals surface area contributed by atoms with Crippen LogP contribution in [0.5, 0.6) is 0 Å². The Morgan fingerprint density at radius 3 is 2.50 bits per heavy atom. The number of anilines is 1. The summed E-state index contributed by atoms with van der Waals surface area (Å²) in [6.07, 6.45) is -0.333. The van der Waals surface area contributed by atoms with Gasteiger partial charge in [-0.05, 0) is 41.8 Å². The van der Waals surface area contributed by atoms with Gasteiger partial charge >= 0.3 is 12.1 Å². The number of amides is 1. The number of carbonyl (C=O) groups is 2. The number of nitrogens with zero attached hydrogens (tertiary/aromatic N) is 4. The lowest BCUT2D eigenvalue weighted by Crippen LogP contribution is -2.55. The summed E-state index contributed by atoms with van der Waals surface area (Å²) in [6, 6.07) is -0.0837. The molecule has 1 aromatic heterocycles. The number of thiazole rings is 1. The van der Waals surface area contributed by atoms with E-state index in [1.54, 1.807) is 4.90 Å². The molecule has 8 nitrogen and oxygen atoms in total. The first kappa shape index (κ1) is 20.4. The van der Waals surface area contributed by atoms with Crippen molar-refractivity contribution in [2.75, 3.05) is 38.6 Å². The van der Waals surface area contributed by atoms with Gasteiger partial charge in [0.15, 0.2) is 5.69 Å². The highest BCUT2D eigenvalue weighted by Gasteiger charge is 2.33. The van der Waals surface area contributed by atoms with E-state index in [1.807, 2.05) is 51.6 Å². The summed E-state index contributed by atoms with van der Waals surface area (Å²) in [5, 5.41) is 10.9. The molecule has 1 aliphatic rings. The summed E-state index contributed by atoms with van der Waals surface area (Å²) in [4.78, 5) is 33.9. The van der Waals surface area contributed by atoms with E-state index in [-0.39, 0.29) is 17.8 Å². The Labute approximate surface area is 158 Å². The zero-order chi connectivity index (χ0) is 19.6. The van der Waals surface area contributed by atoms with E-state index in [4.69, 9.17) is 4.74 Å². The fraction of sp³-hybridized carbons (Fsp3) is 0.706. The van der Waals surface area contributed by atoms with Gasteiger partial charge in [-0.3, -0.25) is 0 Å². The highest BCUT2D eigenvalue weighted by atomic mass is 32.1. The lowest BCUT2D eigenvalue weighted by molar-refractivity contribution is 0.0158. The van der Waals surface area contributed by atoms with Crippen molar-refractivity contribution in [3.05, 3.63) is 10.7 Å². The molecule has 0 bridgehead atoms. The molecule has 146 valence electrons. The molecule has 2 rings (SSSR count). The Hall–Kier alpha value is -1.87. The Kier molecular flexibility index (Phi) is 6.13. The molecule has 1 aliphatic heterocycles. The van der Waals surface area contributed by atoms with Gasteiger partial charge in [-0.1, -0.05) is 11.3 Å². The first-order valence-electron chi connectivity index (χ1n) is 8.60. The molecule has 0 aromatic carbocycles. The van der Waals surface area contributed by atoms with Crippen LogP contribution in [0.15, 0.2) is 0 Å². The lowest BCUT2D eigenvalue weighted by atomic mass is 10.2. The minimum absolute atomic E-state index is 0.0837. The van der Waals surface area contributed by atoms with Crippen LogP contribution in [0.4, 0.5) is 9.80 Å². The number of carbonyl (C=O) groups excluding carboxylic acids is 1. The van der Waals surface area contributed by atoms with E-state index >= 15 is 0 Å². The van der Waals surface area contributed by atoms with Gasteiger partial charge in [0.2, 0.25) is 0 Å². The quantitative estimate of drug-likeness (QED) is 0.853. The van der Waals surface area contributed by atoms with Gasteiger partial charge in [0, 0.05) is 32.2 Å². The van der Waals surface area contributed by atoms with Crippen LogP contribution in [-0.4, -0.2) is 77.3 Å². The summed E-state index contributed by atoms with van der Waals surface area (Å²) in [7, 11) is 3.84. The van der Waals surface area contributed by atoms with E-state index in [0.717, 1.165) is 5.01 Å². The zero-order valence-electron chi connectivity index (χ0n) is 16.3. The molecule has 0 radical (unpaired) electrons. The molecule has 1 amide bonds. The third-order valence-corrected chi connectivity index (χ3v) is 4.95. The highest BCUT2D eigenvalue weighted by molar-refractivity contribution is 7.16. The topological polar surface area (TPSA) is 86.2 Å². The molecular weight excluding hydrogens is 356 g/mol. The van der Waals surface area contributed by atoms with Crippen molar-refractivity contribution in [1.82, 2.24) is 14.8 Å². The van der Waals surface area contributed by atoms with Crippen molar-refractivity contribution in [3.63, 3.8) is 0 Å². The largest absolute Gasteiger partial charge is 0.476 e. The number of rotatable bonds is 4. The number of hydrogen-bond acceptors (Lipinski definition) is 7. The van der Waals surface area contributed by atoms with E-state index in [9.17, 15) is 14.7 Å². The second-order valence-electron chi connectivity index (χ2n) is 7.77. The third kappa shape index (κ3) is 5.07. The van der Waals surface area contributed by atoms with Crippen LogP contribution in [0.25, 0.3) is 0 Å². The first-order valence-corrected chi connectivity index (χ1v) is 9.42. The van der Waals surface area contributed by atoms with Crippen molar-refractivity contribution in [3.8, 4) is 0 Å². The van der Waals surface area contributed by atoms with Crippen molar-refractivity contribution >= 4 is 28.4 Å². The zero-order valence-corrected chi connectivity index (χ0v) is 17.1. The standard InChI is InChI=1S/C17H28N4O4S/c1-11-9-20(7-8-21(11)16(24)25-17(2,3)4)14-13(15(22)23)18-12(26-14)10-19(5)6/h11H,7-10H2,1-6H3,(H,22,23). The molecule has 2 heterocycles. The van der Waals surface area contributed by atoms with Crippen LogP contribution < -0.4 is 4.90 Å². The van der Waals surface area contributed by atoms with E-state index in [2.05, 4.69) is 4.98 Å². The van der Waals surface area contributed by atoms with E-state index < -0.39 is 11.6 Å². The molecule has 9 heteroatoms. The van der Waals surface area contributed by atoms with Gasteiger partial charge in [0.1, 0.15) is 15.6 Å². The van der Waals surface area contributed by atoms with Crippen LogP contribution in [0.3, 0.4) is 0 Å². The monoisotopic (exact) mass is 384 g/mol. The summed E-state index contributed by atoms with van der Waals surface area (Å²) < 4.78 is 5.46. The van der Waals surface area contributed by atoms with Crippen LogP contribution in [0, 0.1) is 0 Å². The minimum Gasteiger partial charge on any atom is -0.476 e. The van der Waals surface area contributed by atoms with E-state index in [0.29, 0.717) is 31.2 Å². The van der Waals surface area contributed by atoms with E-state index in [1.165, 1.54) is 11.3 Å². The molecule has 26 heavy (non-hydrogen) atoms. The van der Waals surface area contributed by atoms with Crippen molar-refractivity contribution < 1.29 is 19.4 Å². The molecule has 1 unspecified atom stereocenters. The number of hydrogen-bond donors (Lipinski definition) is 1. The van der Waals surface area contributed by atoms with Crippen LogP contribution in [0.2, 0.25) is 0 Å². The molecular formula is C17H28N4O4S. The Morgan fingerprint density at radius 1 is 1.35 bits per heavy atom. The summed E-state index contributed by atoms with van der Waals surface area (Å²) in [6.45, 7) is 9.64. The maximum atomic E-state index is 12.3. The van der Waals surface area contributed by atoms with Gasteiger partial charge in [-0.15, -0.1) is 0 Å². The highest BCUT2D eigenvalue weighted by Crippen LogP contribution is 2.31. The maximum absolute atomic E-state index is 12.3. The Balaban J connectivity index is 2.14. The van der Waals surface area contributed by atoms with Gasteiger partial charge in [-0.25, -0.2) is 14.6 Å². The third-order valence-electron chi connectivity index (χ3n) is 3.85. The molecule has 1 aromatic rings. The van der Waals surface area contributed by atoms with Crippen molar-refractivity contribution in [2.45, 2.75) is 45.9 Å². The second-order valence-corrected chi connectivity index (χ2v) is 8.84. The van der Waals surface area contributed by atoms with Gasteiger partial charge in [0.05, 0.1) is 0 Å². The number of aromatic nitrogens is 1. The predicted octanol–water partition coefficient (Wildman–Crippen LogP) is 2.35. The predicted molar refractivity (Wildman–Crippen MR) is 101 cm³/mol. The molecule has 1 fully saturated rings. The summed E-state index contributed by atoms with van der Waals surface area (Å²) >= 11 is 1.40. The maximum Gasteiger partial charge on any atom is 0.410 e. The van der Waals surface area contributed by atoms with Crippen LogP contribution in [-0.2, 0) is 11.3 Å². The lowest BCUT2D eigenvalue weighted by Gasteiger charge is -2.40. The molecule has 1 saturated heterocycles. The summed E-state index contributed by atoms with van der Waals surface area (Å²) in [5.41, 5.74) is -0.451. The first-order chi connectivity index (χ1) is 12.0. The number of ether oxygens (including phenoxy) is 1. The second kappa shape index (κ2) is 7.79. The number of piperazine rings is 1. The molecule has 0 saturated carbocycles. The SMILES string of the molecule is CC1CN(c2sc(CN(C)C)nc2C(=O)O)CCN1C(=O)OC(C)(C)C. The molecule has 0 aliphatic carbocycles. The number of carboxylic acids is 1. The number of aromatic carboxylic acids is 1. The minimum atomic E-state index is -1.02. The fourth-order valence-electron chi connectivity index (χ4n) is 2.78. The molecule has 1 N–H and O–H groups in total. The van der Waals surface area contributed by atoms with Crippen LogP contribution >= 0.6 is 11.3 Å². The van der Waals surface area contributed by atoms with Crippen molar-refractivity contribution in [2.24, 2.45) is 0 Å². The van der Waals surface area contributed by atoms with Crippen molar-refractivity contribution in [1.29, 1.82) is 0 Å². The average molecular weight is 385 g/mol. The average Bonchev–Trinajstić information content (AvgIpc) is 2.88. The normalized spacial score (nSPS) is 18.3. The summed E-state index contributed by atoms with van der Waals surface area (Å²) in [5.74, 6) is -1.02. The van der Waals surface area contributed by atoms with Gasteiger partial charge < -0.3 is 24.5 Å². The molecule has 0 spiro atoms. The smallest absolute Gasteiger partial charge is 0.410 e. The van der Waals surface area contributed by atoms with Crippen LogP contribution in [0.1, 0.15) is 43.2 Å². The fourth-order valence-corrected chi connectivity index (χ4v) is 3.99. The Bertz CT molecular complexity index is 668. The van der Waals surface area contributed by atoms with Gasteiger partial charge in [-0.2, -0.15) is 0 Å². The number of carboxylic acid groups (broad SMARTS) is 1. The Morgan fingerprint density at radius 2 is 2.00 bits per heavy atom.